The van der Waals surface area contributed by atoms with Crippen molar-refractivity contribution in [1.82, 2.24) is 14.8 Å². The Balaban J connectivity index is 1.67. The number of halogens is 3. The van der Waals surface area contributed by atoms with Gasteiger partial charge < -0.3 is 15.5 Å². The van der Waals surface area contributed by atoms with Crippen LogP contribution in [-0.4, -0.2) is 36.9 Å². The van der Waals surface area contributed by atoms with Crippen molar-refractivity contribution in [2.24, 2.45) is 5.92 Å². The second-order valence-electron chi connectivity index (χ2n) is 9.31. The number of hydrogen-bond donors (Lipinski definition) is 3. The molecule has 8 nitrogen and oxygen atoms in total. The highest BCUT2D eigenvalue weighted by molar-refractivity contribution is 6.04. The molecule has 0 bridgehead atoms. The number of fused-ring (bicyclic) bond motifs is 1. The second kappa shape index (κ2) is 8.95. The molecule has 1 fully saturated rings. The number of pyridine rings is 1. The average molecular weight is 490 g/mol. The van der Waals surface area contributed by atoms with Crippen LogP contribution in [0, 0.1) is 5.92 Å². The predicted octanol–water partition coefficient (Wildman–Crippen LogP) is 4.75. The SMILES string of the molecule is CC(C)(O)c1cc2c(cnn2C2CCC(C(=O)O)CC2)cc1NC(=O)c1cccc(C(F)(F)F)n1. The summed E-state index contributed by atoms with van der Waals surface area (Å²) in [7, 11) is 0. The Hall–Kier alpha value is -3.47. The van der Waals surface area contributed by atoms with Crippen LogP contribution >= 0.6 is 0 Å². The van der Waals surface area contributed by atoms with Crippen molar-refractivity contribution in [2.75, 3.05) is 5.32 Å². The number of anilines is 1. The van der Waals surface area contributed by atoms with Gasteiger partial charge in [0, 0.05) is 16.6 Å². The minimum Gasteiger partial charge on any atom is -0.481 e. The number of amides is 1. The lowest BCUT2D eigenvalue weighted by molar-refractivity contribution is -0.143. The first-order chi connectivity index (χ1) is 16.3. The Morgan fingerprint density at radius 3 is 2.40 bits per heavy atom. The summed E-state index contributed by atoms with van der Waals surface area (Å²) >= 11 is 0. The van der Waals surface area contributed by atoms with Gasteiger partial charge in [-0.05, 0) is 63.8 Å². The van der Waals surface area contributed by atoms with Crippen molar-refractivity contribution < 1.29 is 33.0 Å². The number of hydrogen-bond acceptors (Lipinski definition) is 5. The summed E-state index contributed by atoms with van der Waals surface area (Å²) < 4.78 is 40.8. The molecule has 1 aromatic carbocycles. The molecule has 4 rings (SSSR count). The van der Waals surface area contributed by atoms with E-state index in [0.717, 1.165) is 12.1 Å². The Morgan fingerprint density at radius 1 is 1.11 bits per heavy atom. The van der Waals surface area contributed by atoms with Gasteiger partial charge >= 0.3 is 12.1 Å². The zero-order chi connectivity index (χ0) is 25.5. The molecule has 11 heteroatoms. The van der Waals surface area contributed by atoms with Crippen LogP contribution in [0.4, 0.5) is 18.9 Å². The molecule has 1 aliphatic carbocycles. The van der Waals surface area contributed by atoms with Gasteiger partial charge in [-0.1, -0.05) is 6.07 Å². The summed E-state index contributed by atoms with van der Waals surface area (Å²) in [5, 5.41) is 27.7. The summed E-state index contributed by atoms with van der Waals surface area (Å²) in [5.74, 6) is -2.01. The number of aliphatic hydroxyl groups is 1. The van der Waals surface area contributed by atoms with Crippen LogP contribution in [0.25, 0.3) is 10.9 Å². The van der Waals surface area contributed by atoms with Gasteiger partial charge in [0.05, 0.1) is 29.3 Å². The van der Waals surface area contributed by atoms with Crippen molar-refractivity contribution in [3.05, 3.63) is 53.5 Å². The molecule has 0 spiro atoms. The maximum atomic E-state index is 13.0. The summed E-state index contributed by atoms with van der Waals surface area (Å²) in [4.78, 5) is 27.4. The molecule has 0 aliphatic heterocycles. The maximum Gasteiger partial charge on any atom is 0.433 e. The number of aliphatic carboxylic acids is 1. The van der Waals surface area contributed by atoms with Gasteiger partial charge in [0.2, 0.25) is 0 Å². The van der Waals surface area contributed by atoms with Crippen LogP contribution in [0.3, 0.4) is 0 Å². The van der Waals surface area contributed by atoms with Crippen molar-refractivity contribution in [3.8, 4) is 0 Å². The number of benzene rings is 1. The molecule has 3 aromatic rings. The molecule has 186 valence electrons. The van der Waals surface area contributed by atoms with E-state index in [0.29, 0.717) is 42.1 Å². The molecule has 0 radical (unpaired) electrons. The fourth-order valence-electron chi connectivity index (χ4n) is 4.47. The van der Waals surface area contributed by atoms with E-state index in [-0.39, 0.29) is 17.6 Å². The number of alkyl halides is 3. The lowest BCUT2D eigenvalue weighted by atomic mass is 9.86. The van der Waals surface area contributed by atoms with Crippen LogP contribution in [-0.2, 0) is 16.6 Å². The third-order valence-corrected chi connectivity index (χ3v) is 6.31. The Labute approximate surface area is 198 Å². The first-order valence-corrected chi connectivity index (χ1v) is 11.2. The number of aromatic nitrogens is 3. The minimum atomic E-state index is -4.69. The number of carboxylic acids is 1. The van der Waals surface area contributed by atoms with Crippen molar-refractivity contribution in [3.63, 3.8) is 0 Å². The molecule has 0 atom stereocenters. The fraction of sp³-hybridized carbons (Fsp3) is 0.417. The molecule has 2 heterocycles. The number of carbonyl (C=O) groups is 2. The first kappa shape index (κ1) is 24.6. The van der Waals surface area contributed by atoms with E-state index in [2.05, 4.69) is 15.4 Å². The molecule has 1 aliphatic rings. The van der Waals surface area contributed by atoms with Crippen LogP contribution in [0.2, 0.25) is 0 Å². The molecular formula is C24H25F3N4O4. The van der Waals surface area contributed by atoms with Crippen LogP contribution in [0.5, 0.6) is 0 Å². The predicted molar refractivity (Wildman–Crippen MR) is 121 cm³/mol. The highest BCUT2D eigenvalue weighted by atomic mass is 19.4. The molecular weight excluding hydrogens is 465 g/mol. The molecule has 35 heavy (non-hydrogen) atoms. The summed E-state index contributed by atoms with van der Waals surface area (Å²) in [6.07, 6.45) is -0.719. The molecule has 1 amide bonds. The van der Waals surface area contributed by atoms with Crippen LogP contribution < -0.4 is 5.32 Å². The van der Waals surface area contributed by atoms with Gasteiger partial charge in [-0.3, -0.25) is 14.3 Å². The fourth-order valence-corrected chi connectivity index (χ4v) is 4.47. The van der Waals surface area contributed by atoms with Gasteiger partial charge in [0.1, 0.15) is 11.4 Å². The maximum absolute atomic E-state index is 13.0. The molecule has 2 aromatic heterocycles. The van der Waals surface area contributed by atoms with Gasteiger partial charge in [-0.25, -0.2) is 4.98 Å². The Morgan fingerprint density at radius 2 is 1.80 bits per heavy atom. The normalized spacial score (nSPS) is 19.0. The highest BCUT2D eigenvalue weighted by Crippen LogP contribution is 2.37. The van der Waals surface area contributed by atoms with Gasteiger partial charge in [-0.2, -0.15) is 18.3 Å². The van der Waals surface area contributed by atoms with Crippen molar-refractivity contribution in [1.29, 1.82) is 0 Å². The van der Waals surface area contributed by atoms with E-state index < -0.39 is 35.0 Å². The molecule has 0 unspecified atom stereocenters. The number of nitrogens with zero attached hydrogens (tertiary/aromatic N) is 3. The number of carbonyl (C=O) groups excluding carboxylic acids is 1. The smallest absolute Gasteiger partial charge is 0.433 e. The molecule has 1 saturated carbocycles. The Bertz CT molecular complexity index is 1270. The monoisotopic (exact) mass is 490 g/mol. The highest BCUT2D eigenvalue weighted by Gasteiger charge is 2.33. The largest absolute Gasteiger partial charge is 0.481 e. The van der Waals surface area contributed by atoms with Gasteiger partial charge in [0.25, 0.3) is 5.91 Å². The first-order valence-electron chi connectivity index (χ1n) is 11.2. The second-order valence-corrected chi connectivity index (χ2v) is 9.31. The summed E-state index contributed by atoms with van der Waals surface area (Å²) in [6, 6.07) is 6.37. The van der Waals surface area contributed by atoms with E-state index in [9.17, 15) is 33.0 Å². The van der Waals surface area contributed by atoms with E-state index >= 15 is 0 Å². The van der Waals surface area contributed by atoms with E-state index in [1.54, 1.807) is 18.3 Å². The lowest BCUT2D eigenvalue weighted by Gasteiger charge is -2.27. The zero-order valence-electron chi connectivity index (χ0n) is 19.1. The third kappa shape index (κ3) is 5.14. The third-order valence-electron chi connectivity index (χ3n) is 6.31. The van der Waals surface area contributed by atoms with E-state index in [4.69, 9.17) is 0 Å². The molecule has 0 saturated heterocycles. The van der Waals surface area contributed by atoms with Crippen molar-refractivity contribution >= 4 is 28.5 Å². The summed E-state index contributed by atoms with van der Waals surface area (Å²) in [6.45, 7) is 3.07. The lowest BCUT2D eigenvalue weighted by Crippen LogP contribution is -2.24. The summed E-state index contributed by atoms with van der Waals surface area (Å²) in [5.41, 5.74) is -1.70. The number of carboxylic acid groups (broad SMARTS) is 1. The Kier molecular flexibility index (Phi) is 6.31. The number of rotatable bonds is 5. The van der Waals surface area contributed by atoms with Crippen LogP contribution in [0.1, 0.15) is 67.3 Å². The molecule has 3 N–H and O–H groups in total. The topological polar surface area (TPSA) is 117 Å². The van der Waals surface area contributed by atoms with E-state index in [1.807, 2.05) is 4.68 Å². The van der Waals surface area contributed by atoms with E-state index in [1.165, 1.54) is 19.9 Å². The van der Waals surface area contributed by atoms with Crippen LogP contribution in [0.15, 0.2) is 36.5 Å². The number of nitrogens with one attached hydrogen (secondary N) is 1. The quantitative estimate of drug-likeness (QED) is 0.475. The minimum absolute atomic E-state index is 0.00694. The average Bonchev–Trinajstić information content (AvgIpc) is 3.20. The van der Waals surface area contributed by atoms with Gasteiger partial charge in [-0.15, -0.1) is 0 Å². The standard InChI is InChI=1S/C24H25F3N4O4/c1-23(2,35)16-11-19-14(12-28-31(19)15-8-6-13(7-9-15)22(33)34)10-18(16)30-21(32)17-4-3-5-20(29-17)24(25,26)27/h3-5,10-13,15,35H,6-9H2,1-2H3,(H,30,32)(H,33,34). The van der Waals surface area contributed by atoms with Crippen molar-refractivity contribution in [2.45, 2.75) is 57.3 Å². The zero-order valence-corrected chi connectivity index (χ0v) is 19.1. The van der Waals surface area contributed by atoms with Gasteiger partial charge in [0.15, 0.2) is 0 Å².